The highest BCUT2D eigenvalue weighted by Crippen LogP contribution is 2.26. The van der Waals surface area contributed by atoms with Crippen LogP contribution in [0.25, 0.3) is 10.9 Å². The molecule has 0 amide bonds. The van der Waals surface area contributed by atoms with Crippen LogP contribution in [0.4, 0.5) is 5.69 Å². The fraction of sp³-hybridized carbons (Fsp3) is 0.0588. The summed E-state index contributed by atoms with van der Waals surface area (Å²) < 4.78 is 5.80. The fourth-order valence-electron chi connectivity index (χ4n) is 2.07. The summed E-state index contributed by atoms with van der Waals surface area (Å²) >= 11 is 0. The number of nitrogens with zero attached hydrogens (tertiary/aromatic N) is 2. The van der Waals surface area contributed by atoms with Gasteiger partial charge in [0, 0.05) is 17.1 Å². The molecule has 0 aliphatic heterocycles. The normalized spacial score (nSPS) is 10.3. The first-order valence-corrected chi connectivity index (χ1v) is 6.50. The molecule has 1 aromatic heterocycles. The minimum atomic E-state index is 0.491. The summed E-state index contributed by atoms with van der Waals surface area (Å²) in [4.78, 5) is 4.45. The number of ether oxygens (including phenoxy) is 1. The number of nitrogens with two attached hydrogens (primary N) is 1. The van der Waals surface area contributed by atoms with E-state index in [1.54, 1.807) is 24.3 Å². The second-order valence-electron chi connectivity index (χ2n) is 4.80. The van der Waals surface area contributed by atoms with E-state index in [1.165, 1.54) is 0 Å². The lowest BCUT2D eigenvalue weighted by Gasteiger charge is -2.09. The fourth-order valence-corrected chi connectivity index (χ4v) is 2.07. The van der Waals surface area contributed by atoms with E-state index in [9.17, 15) is 0 Å². The molecule has 0 fully saturated rings. The summed E-state index contributed by atoms with van der Waals surface area (Å²) in [6.07, 6.45) is 0. The zero-order valence-corrected chi connectivity index (χ0v) is 11.5. The van der Waals surface area contributed by atoms with Gasteiger partial charge in [0.2, 0.25) is 5.88 Å². The van der Waals surface area contributed by atoms with Gasteiger partial charge in [-0.15, -0.1) is 0 Å². The third kappa shape index (κ3) is 2.63. The second-order valence-corrected chi connectivity index (χ2v) is 4.80. The Morgan fingerprint density at radius 2 is 1.95 bits per heavy atom. The maximum atomic E-state index is 8.95. The van der Waals surface area contributed by atoms with Crippen LogP contribution in [0.15, 0.2) is 48.5 Å². The molecule has 0 spiro atoms. The number of nitrogen functional groups attached to an aromatic ring is 1. The molecule has 3 aromatic rings. The number of aryl methyl sites for hydroxylation is 1. The molecule has 102 valence electrons. The molecule has 0 saturated carbocycles. The number of anilines is 1. The monoisotopic (exact) mass is 275 g/mol. The summed E-state index contributed by atoms with van der Waals surface area (Å²) in [5.74, 6) is 1.13. The van der Waals surface area contributed by atoms with Gasteiger partial charge in [-0.3, -0.25) is 0 Å². The van der Waals surface area contributed by atoms with Gasteiger partial charge in [0.1, 0.15) is 5.75 Å². The van der Waals surface area contributed by atoms with Gasteiger partial charge >= 0.3 is 0 Å². The zero-order chi connectivity index (χ0) is 14.8. The minimum Gasteiger partial charge on any atom is -0.439 e. The molecule has 0 bridgehead atoms. The number of fused-ring (bicyclic) bond motifs is 1. The Hall–Kier alpha value is -3.06. The second kappa shape index (κ2) is 5.14. The summed E-state index contributed by atoms with van der Waals surface area (Å²) in [6, 6.07) is 16.7. The van der Waals surface area contributed by atoms with Gasteiger partial charge in [-0.2, -0.15) is 5.26 Å². The van der Waals surface area contributed by atoms with Crippen molar-refractivity contribution >= 4 is 16.6 Å². The maximum absolute atomic E-state index is 8.95. The van der Waals surface area contributed by atoms with Crippen LogP contribution in [0.5, 0.6) is 11.6 Å². The van der Waals surface area contributed by atoms with Gasteiger partial charge in [-0.1, -0.05) is 6.07 Å². The minimum absolute atomic E-state index is 0.491. The van der Waals surface area contributed by atoms with Crippen molar-refractivity contribution in [2.45, 2.75) is 6.92 Å². The molecular weight excluding hydrogens is 262 g/mol. The van der Waals surface area contributed by atoms with Crippen molar-refractivity contribution in [3.05, 3.63) is 59.7 Å². The largest absolute Gasteiger partial charge is 0.439 e. The van der Waals surface area contributed by atoms with Crippen molar-refractivity contribution < 1.29 is 4.74 Å². The van der Waals surface area contributed by atoms with Gasteiger partial charge < -0.3 is 10.5 Å². The Morgan fingerprint density at radius 1 is 1.10 bits per heavy atom. The van der Waals surface area contributed by atoms with Crippen LogP contribution in [-0.2, 0) is 0 Å². The van der Waals surface area contributed by atoms with E-state index in [2.05, 4.69) is 11.1 Å². The Bertz CT molecular complexity index is 866. The first kappa shape index (κ1) is 12.9. The van der Waals surface area contributed by atoms with Crippen molar-refractivity contribution in [1.29, 1.82) is 5.26 Å². The molecule has 4 heteroatoms. The lowest BCUT2D eigenvalue weighted by atomic mass is 10.1. The molecule has 21 heavy (non-hydrogen) atoms. The molecular formula is C17H13N3O. The van der Waals surface area contributed by atoms with Gasteiger partial charge in [-0.25, -0.2) is 4.98 Å². The Morgan fingerprint density at radius 3 is 2.76 bits per heavy atom. The molecule has 2 N–H and O–H groups in total. The number of hydrogen-bond donors (Lipinski definition) is 1. The standard InChI is InChI=1S/C17H13N3O/c1-11-2-3-12(10-18)8-16(11)21-17-7-4-13-9-14(19)5-6-15(13)20-17/h2-9H,19H2,1H3. The van der Waals surface area contributed by atoms with Gasteiger partial charge in [0.25, 0.3) is 0 Å². The summed E-state index contributed by atoms with van der Waals surface area (Å²) in [7, 11) is 0. The van der Waals surface area contributed by atoms with E-state index in [0.717, 1.165) is 16.5 Å². The molecule has 0 aliphatic rings. The van der Waals surface area contributed by atoms with Crippen molar-refractivity contribution in [3.8, 4) is 17.7 Å². The Kier molecular flexibility index (Phi) is 3.17. The SMILES string of the molecule is Cc1ccc(C#N)cc1Oc1ccc2cc(N)ccc2n1. The first-order valence-electron chi connectivity index (χ1n) is 6.50. The van der Waals surface area contributed by atoms with E-state index >= 15 is 0 Å². The lowest BCUT2D eigenvalue weighted by Crippen LogP contribution is -1.92. The number of pyridine rings is 1. The number of hydrogen-bond acceptors (Lipinski definition) is 4. The van der Waals surface area contributed by atoms with Crippen LogP contribution in [0.1, 0.15) is 11.1 Å². The third-order valence-corrected chi connectivity index (χ3v) is 3.22. The third-order valence-electron chi connectivity index (χ3n) is 3.22. The maximum Gasteiger partial charge on any atom is 0.219 e. The average Bonchev–Trinajstić information content (AvgIpc) is 2.49. The van der Waals surface area contributed by atoms with Crippen molar-refractivity contribution in [3.63, 3.8) is 0 Å². The molecule has 0 aliphatic carbocycles. The van der Waals surface area contributed by atoms with E-state index in [1.807, 2.05) is 31.2 Å². The summed E-state index contributed by atoms with van der Waals surface area (Å²) in [5, 5.41) is 9.92. The molecule has 4 nitrogen and oxygen atoms in total. The van der Waals surface area contributed by atoms with Crippen LogP contribution in [0.2, 0.25) is 0 Å². The topological polar surface area (TPSA) is 71.9 Å². The zero-order valence-electron chi connectivity index (χ0n) is 11.5. The van der Waals surface area contributed by atoms with Gasteiger partial charge in [0.05, 0.1) is 17.1 Å². The number of benzene rings is 2. The van der Waals surface area contributed by atoms with Gasteiger partial charge in [-0.05, 0) is 48.9 Å². The van der Waals surface area contributed by atoms with Crippen molar-refractivity contribution in [1.82, 2.24) is 4.98 Å². The van der Waals surface area contributed by atoms with Crippen LogP contribution in [0, 0.1) is 18.3 Å². The quantitative estimate of drug-likeness (QED) is 0.722. The van der Waals surface area contributed by atoms with Crippen LogP contribution in [0.3, 0.4) is 0 Å². The first-order chi connectivity index (χ1) is 10.2. The average molecular weight is 275 g/mol. The van der Waals surface area contributed by atoms with Crippen LogP contribution < -0.4 is 10.5 Å². The molecule has 0 saturated heterocycles. The van der Waals surface area contributed by atoms with E-state index in [0.29, 0.717) is 22.9 Å². The van der Waals surface area contributed by atoms with E-state index in [4.69, 9.17) is 15.7 Å². The Balaban J connectivity index is 1.98. The molecule has 0 radical (unpaired) electrons. The van der Waals surface area contributed by atoms with Crippen molar-refractivity contribution in [2.24, 2.45) is 0 Å². The van der Waals surface area contributed by atoms with Crippen LogP contribution in [-0.4, -0.2) is 4.98 Å². The molecule has 2 aromatic carbocycles. The highest BCUT2D eigenvalue weighted by atomic mass is 16.5. The predicted molar refractivity (Wildman–Crippen MR) is 82.1 cm³/mol. The number of rotatable bonds is 2. The Labute approximate surface area is 122 Å². The molecule has 1 heterocycles. The highest BCUT2D eigenvalue weighted by Gasteiger charge is 2.05. The highest BCUT2D eigenvalue weighted by molar-refractivity contribution is 5.82. The van der Waals surface area contributed by atoms with Crippen molar-refractivity contribution in [2.75, 3.05) is 5.73 Å². The van der Waals surface area contributed by atoms with Gasteiger partial charge in [0.15, 0.2) is 0 Å². The predicted octanol–water partition coefficient (Wildman–Crippen LogP) is 3.79. The smallest absolute Gasteiger partial charge is 0.219 e. The number of aromatic nitrogens is 1. The lowest BCUT2D eigenvalue weighted by molar-refractivity contribution is 0.461. The molecule has 0 unspecified atom stereocenters. The molecule has 3 rings (SSSR count). The summed E-state index contributed by atoms with van der Waals surface area (Å²) in [5.41, 5.74) is 8.78. The van der Waals surface area contributed by atoms with Crippen LogP contribution >= 0.6 is 0 Å². The molecule has 0 atom stereocenters. The van der Waals surface area contributed by atoms with E-state index < -0.39 is 0 Å². The number of nitriles is 1. The summed E-state index contributed by atoms with van der Waals surface area (Å²) in [6.45, 7) is 1.93. The van der Waals surface area contributed by atoms with E-state index in [-0.39, 0.29) is 0 Å².